The zero-order valence-corrected chi connectivity index (χ0v) is 20.3. The molecule has 0 unspecified atom stereocenters. The van der Waals surface area contributed by atoms with Gasteiger partial charge in [-0.25, -0.2) is 0 Å². The lowest BCUT2D eigenvalue weighted by atomic mass is 9.90. The molecule has 0 radical (unpaired) electrons. The van der Waals surface area contributed by atoms with Crippen LogP contribution in [0.1, 0.15) is 134 Å². The van der Waals surface area contributed by atoms with E-state index in [0.717, 1.165) is 29.5 Å². The molecule has 3 nitrogen and oxygen atoms in total. The summed E-state index contributed by atoms with van der Waals surface area (Å²) in [4.78, 5) is 12.1. The van der Waals surface area contributed by atoms with E-state index in [-0.39, 0.29) is 17.8 Å². The molecule has 0 aliphatic rings. The molecule has 0 saturated heterocycles. The number of rotatable bonds is 16. The Balaban J connectivity index is 2.24. The molecule has 30 heavy (non-hydrogen) atoms. The number of esters is 1. The minimum atomic E-state index is -0.115. The topological polar surface area (TPSA) is 46.5 Å². The van der Waals surface area contributed by atoms with Crippen LogP contribution in [0, 0.1) is 0 Å². The highest BCUT2D eigenvalue weighted by molar-refractivity contribution is 5.69. The zero-order chi connectivity index (χ0) is 22.4. The van der Waals surface area contributed by atoms with E-state index in [4.69, 9.17) is 4.74 Å². The number of carbonyl (C=O) groups excluding carboxylic acids is 1. The summed E-state index contributed by atoms with van der Waals surface area (Å²) < 4.78 is 5.43. The lowest BCUT2D eigenvalue weighted by Gasteiger charge is -2.17. The van der Waals surface area contributed by atoms with E-state index in [1.54, 1.807) is 0 Å². The second-order valence-electron chi connectivity index (χ2n) is 9.33. The van der Waals surface area contributed by atoms with Crippen molar-refractivity contribution in [2.45, 2.75) is 124 Å². The maximum atomic E-state index is 12.1. The number of ether oxygens (including phenoxy) is 1. The summed E-state index contributed by atoms with van der Waals surface area (Å²) in [7, 11) is 0. The third-order valence-electron chi connectivity index (χ3n) is 5.85. The van der Waals surface area contributed by atoms with Gasteiger partial charge < -0.3 is 9.84 Å². The normalized spacial score (nSPS) is 11.4. The minimum Gasteiger partial charge on any atom is -0.507 e. The Labute approximate surface area is 185 Å². The Morgan fingerprint density at radius 1 is 0.833 bits per heavy atom. The van der Waals surface area contributed by atoms with E-state index in [0.29, 0.717) is 25.2 Å². The lowest BCUT2D eigenvalue weighted by Crippen LogP contribution is -2.08. The molecule has 0 aliphatic carbocycles. The van der Waals surface area contributed by atoms with Crippen molar-refractivity contribution in [2.24, 2.45) is 0 Å². The molecular formula is C27H46O3. The van der Waals surface area contributed by atoms with Crippen molar-refractivity contribution < 1.29 is 14.6 Å². The Morgan fingerprint density at radius 2 is 1.30 bits per heavy atom. The highest BCUT2D eigenvalue weighted by Gasteiger charge is 2.15. The van der Waals surface area contributed by atoms with Crippen LogP contribution >= 0.6 is 0 Å². The molecule has 1 aromatic rings. The first kappa shape index (κ1) is 26.5. The van der Waals surface area contributed by atoms with Gasteiger partial charge in [-0.3, -0.25) is 4.79 Å². The third-order valence-corrected chi connectivity index (χ3v) is 5.85. The summed E-state index contributed by atoms with van der Waals surface area (Å²) in [6, 6.07) is 4.09. The van der Waals surface area contributed by atoms with Gasteiger partial charge in [0.15, 0.2) is 0 Å². The molecule has 1 aromatic carbocycles. The van der Waals surface area contributed by atoms with Gasteiger partial charge in [0.25, 0.3) is 0 Å². The number of aromatic hydroxyl groups is 1. The molecule has 0 fully saturated rings. The largest absolute Gasteiger partial charge is 0.507 e. The van der Waals surface area contributed by atoms with E-state index in [9.17, 15) is 9.90 Å². The van der Waals surface area contributed by atoms with Crippen molar-refractivity contribution in [1.29, 1.82) is 0 Å². The fraction of sp³-hybridized carbons (Fsp3) is 0.741. The number of aryl methyl sites for hydroxylation is 1. The van der Waals surface area contributed by atoms with E-state index in [1.165, 1.54) is 51.4 Å². The second-order valence-corrected chi connectivity index (χ2v) is 9.33. The van der Waals surface area contributed by atoms with Crippen molar-refractivity contribution in [1.82, 2.24) is 0 Å². The second kappa shape index (κ2) is 15.3. The van der Waals surface area contributed by atoms with Crippen LogP contribution in [0.2, 0.25) is 0 Å². The number of phenols is 1. The molecule has 0 saturated carbocycles. The lowest BCUT2D eigenvalue weighted by molar-refractivity contribution is -0.143. The third kappa shape index (κ3) is 10.5. The Morgan fingerprint density at radius 3 is 1.77 bits per heavy atom. The summed E-state index contributed by atoms with van der Waals surface area (Å²) in [5, 5.41) is 10.5. The van der Waals surface area contributed by atoms with Crippen molar-refractivity contribution in [3.63, 3.8) is 0 Å². The van der Waals surface area contributed by atoms with E-state index in [2.05, 4.69) is 34.6 Å². The molecule has 1 rings (SSSR count). The van der Waals surface area contributed by atoms with Crippen LogP contribution in [-0.4, -0.2) is 17.7 Å². The number of phenolic OH excluding ortho intramolecular Hbond substituents is 1. The van der Waals surface area contributed by atoms with Gasteiger partial charge in [-0.05, 0) is 41.4 Å². The molecule has 0 atom stereocenters. The standard InChI is InChI=1S/C27H46O3/c1-6-7-8-9-10-11-12-13-14-15-18-30-26(28)17-16-23-19-24(21(2)3)27(29)25(20-23)22(4)5/h19-22,29H,6-18H2,1-5H3. The number of hydrogen-bond acceptors (Lipinski definition) is 3. The monoisotopic (exact) mass is 418 g/mol. The van der Waals surface area contributed by atoms with Crippen molar-refractivity contribution in [3.8, 4) is 5.75 Å². The first-order chi connectivity index (χ1) is 14.4. The smallest absolute Gasteiger partial charge is 0.306 e. The summed E-state index contributed by atoms with van der Waals surface area (Å²) >= 11 is 0. The fourth-order valence-electron chi connectivity index (χ4n) is 3.86. The predicted octanol–water partition coefficient (Wildman–Crippen LogP) is 8.04. The van der Waals surface area contributed by atoms with E-state index >= 15 is 0 Å². The van der Waals surface area contributed by atoms with Gasteiger partial charge in [0.2, 0.25) is 0 Å². The first-order valence-corrected chi connectivity index (χ1v) is 12.4. The van der Waals surface area contributed by atoms with Crippen LogP contribution in [-0.2, 0) is 16.0 Å². The van der Waals surface area contributed by atoms with Crippen LogP contribution < -0.4 is 0 Å². The molecule has 3 heteroatoms. The minimum absolute atomic E-state index is 0.115. The van der Waals surface area contributed by atoms with Gasteiger partial charge in [0, 0.05) is 6.42 Å². The van der Waals surface area contributed by atoms with Gasteiger partial charge in [-0.15, -0.1) is 0 Å². The molecule has 0 bridgehead atoms. The zero-order valence-electron chi connectivity index (χ0n) is 20.3. The maximum absolute atomic E-state index is 12.1. The van der Waals surface area contributed by atoms with E-state index < -0.39 is 0 Å². The number of hydrogen-bond donors (Lipinski definition) is 1. The summed E-state index contributed by atoms with van der Waals surface area (Å²) in [5.41, 5.74) is 3.04. The Bertz CT molecular complexity index is 575. The molecule has 0 aliphatic heterocycles. The molecule has 0 heterocycles. The van der Waals surface area contributed by atoms with Gasteiger partial charge in [0.1, 0.15) is 5.75 Å². The van der Waals surface area contributed by atoms with Crippen LogP contribution in [0.5, 0.6) is 5.75 Å². The quantitative estimate of drug-likeness (QED) is 0.218. The SMILES string of the molecule is CCCCCCCCCCCCOC(=O)CCc1cc(C(C)C)c(O)c(C(C)C)c1. The van der Waals surface area contributed by atoms with Gasteiger partial charge >= 0.3 is 5.97 Å². The molecule has 0 aromatic heterocycles. The van der Waals surface area contributed by atoms with Crippen LogP contribution in [0.4, 0.5) is 0 Å². The summed E-state index contributed by atoms with van der Waals surface area (Å²) in [6.07, 6.45) is 13.9. The van der Waals surface area contributed by atoms with Crippen LogP contribution in [0.25, 0.3) is 0 Å². The van der Waals surface area contributed by atoms with Gasteiger partial charge in [-0.1, -0.05) is 105 Å². The number of unbranched alkanes of at least 4 members (excludes halogenated alkanes) is 9. The maximum Gasteiger partial charge on any atom is 0.306 e. The molecule has 0 amide bonds. The molecule has 172 valence electrons. The Kier molecular flexibility index (Phi) is 13.5. The molecular weight excluding hydrogens is 372 g/mol. The van der Waals surface area contributed by atoms with Crippen molar-refractivity contribution in [3.05, 3.63) is 28.8 Å². The average Bonchev–Trinajstić information content (AvgIpc) is 2.70. The van der Waals surface area contributed by atoms with Crippen LogP contribution in [0.3, 0.4) is 0 Å². The summed E-state index contributed by atoms with van der Waals surface area (Å²) in [6.45, 7) is 11.1. The molecule has 0 spiro atoms. The molecule has 1 N–H and O–H groups in total. The average molecular weight is 419 g/mol. The predicted molar refractivity (Wildman–Crippen MR) is 127 cm³/mol. The first-order valence-electron chi connectivity index (χ1n) is 12.4. The van der Waals surface area contributed by atoms with Crippen LogP contribution in [0.15, 0.2) is 12.1 Å². The van der Waals surface area contributed by atoms with Crippen molar-refractivity contribution >= 4 is 5.97 Å². The highest BCUT2D eigenvalue weighted by Crippen LogP contribution is 2.35. The van der Waals surface area contributed by atoms with E-state index in [1.807, 2.05) is 12.1 Å². The number of carbonyl (C=O) groups is 1. The Hall–Kier alpha value is -1.51. The van der Waals surface area contributed by atoms with Gasteiger partial charge in [-0.2, -0.15) is 0 Å². The van der Waals surface area contributed by atoms with Crippen molar-refractivity contribution in [2.75, 3.05) is 6.61 Å². The number of benzene rings is 1. The fourth-order valence-corrected chi connectivity index (χ4v) is 3.86. The van der Waals surface area contributed by atoms with Gasteiger partial charge in [0.05, 0.1) is 6.61 Å². The highest BCUT2D eigenvalue weighted by atomic mass is 16.5. The summed E-state index contributed by atoms with van der Waals surface area (Å²) in [5.74, 6) is 0.806.